The number of hydrogen-bond acceptors (Lipinski definition) is 2. The second-order valence-electron chi connectivity index (χ2n) is 3.23. The van der Waals surface area contributed by atoms with Crippen molar-refractivity contribution < 1.29 is 4.74 Å². The van der Waals surface area contributed by atoms with Crippen LogP contribution in [0.1, 0.15) is 46.0 Å². The summed E-state index contributed by atoms with van der Waals surface area (Å²) >= 11 is 4.87. The third kappa shape index (κ3) is 6.96. The number of ether oxygens (including phenoxy) is 1. The Bertz CT molecular complexity index is 139. The van der Waals surface area contributed by atoms with Crippen molar-refractivity contribution in [1.82, 2.24) is 0 Å². The molecule has 3 heteroatoms. The lowest BCUT2D eigenvalue weighted by Gasteiger charge is -2.13. The summed E-state index contributed by atoms with van der Waals surface area (Å²) in [6.45, 7) is 5.02. The van der Waals surface area contributed by atoms with E-state index in [0.29, 0.717) is 4.99 Å². The largest absolute Gasteiger partial charge is 0.391 e. The molecule has 0 aliphatic rings. The monoisotopic (exact) mass is 203 g/mol. The highest BCUT2D eigenvalue weighted by Gasteiger charge is 2.08. The highest BCUT2D eigenvalue weighted by Crippen LogP contribution is 2.03. The lowest BCUT2D eigenvalue weighted by molar-refractivity contribution is 0.0927. The molecule has 2 N–H and O–H groups in total. The molecule has 0 saturated carbocycles. The van der Waals surface area contributed by atoms with Crippen LogP contribution < -0.4 is 5.73 Å². The second kappa shape index (κ2) is 8.45. The lowest BCUT2D eigenvalue weighted by atomic mass is 10.2. The van der Waals surface area contributed by atoms with Gasteiger partial charge in [0.2, 0.25) is 0 Å². The summed E-state index contributed by atoms with van der Waals surface area (Å²) < 4.78 is 5.53. The zero-order valence-electron chi connectivity index (χ0n) is 8.71. The van der Waals surface area contributed by atoms with Crippen molar-refractivity contribution in [2.75, 3.05) is 6.61 Å². The molecule has 0 aliphatic carbocycles. The Hall–Kier alpha value is -0.150. The van der Waals surface area contributed by atoms with E-state index >= 15 is 0 Å². The van der Waals surface area contributed by atoms with E-state index in [2.05, 4.69) is 6.92 Å². The molecule has 0 bridgehead atoms. The molecule has 0 aromatic heterocycles. The van der Waals surface area contributed by atoms with E-state index in [1.54, 1.807) is 0 Å². The van der Waals surface area contributed by atoms with Crippen molar-refractivity contribution in [3.05, 3.63) is 0 Å². The average Bonchev–Trinajstić information content (AvgIpc) is 2.10. The summed E-state index contributed by atoms with van der Waals surface area (Å²) in [6.07, 6.45) is 5.76. The zero-order valence-corrected chi connectivity index (χ0v) is 9.53. The van der Waals surface area contributed by atoms with Crippen molar-refractivity contribution in [1.29, 1.82) is 0 Å². The maximum atomic E-state index is 5.53. The molecule has 0 spiro atoms. The fourth-order valence-corrected chi connectivity index (χ4v) is 1.39. The Morgan fingerprint density at radius 1 is 1.31 bits per heavy atom. The summed E-state index contributed by atoms with van der Waals surface area (Å²) in [4.78, 5) is 0.484. The van der Waals surface area contributed by atoms with Gasteiger partial charge in [-0.15, -0.1) is 0 Å². The van der Waals surface area contributed by atoms with Crippen LogP contribution in [0.15, 0.2) is 0 Å². The summed E-state index contributed by atoms with van der Waals surface area (Å²) in [7, 11) is 0. The van der Waals surface area contributed by atoms with Crippen LogP contribution in [0, 0.1) is 0 Å². The molecule has 0 heterocycles. The molecule has 0 aromatic rings. The molecule has 0 rings (SSSR count). The van der Waals surface area contributed by atoms with Crippen LogP contribution >= 0.6 is 12.2 Å². The van der Waals surface area contributed by atoms with Gasteiger partial charge in [-0.05, 0) is 12.8 Å². The molecule has 0 amide bonds. The van der Waals surface area contributed by atoms with Gasteiger partial charge in [-0.25, -0.2) is 0 Å². The Kier molecular flexibility index (Phi) is 8.35. The first-order valence-electron chi connectivity index (χ1n) is 5.13. The molecule has 0 saturated heterocycles. The van der Waals surface area contributed by atoms with Gasteiger partial charge in [0.15, 0.2) is 0 Å². The number of hydrogen-bond donors (Lipinski definition) is 1. The molecule has 1 unspecified atom stereocenters. The minimum atomic E-state index is -0.0170. The van der Waals surface area contributed by atoms with Gasteiger partial charge in [-0.1, -0.05) is 45.3 Å². The van der Waals surface area contributed by atoms with Crippen LogP contribution in [-0.2, 0) is 4.74 Å². The number of thiocarbonyl (C=S) groups is 1. The fraction of sp³-hybridized carbons (Fsp3) is 0.900. The van der Waals surface area contributed by atoms with E-state index in [-0.39, 0.29) is 6.10 Å². The quantitative estimate of drug-likeness (QED) is 0.486. The van der Waals surface area contributed by atoms with Crippen molar-refractivity contribution in [2.45, 2.75) is 52.1 Å². The Balaban J connectivity index is 3.33. The average molecular weight is 203 g/mol. The summed E-state index contributed by atoms with van der Waals surface area (Å²) in [5.41, 5.74) is 5.49. The minimum absolute atomic E-state index is 0.0170. The van der Waals surface area contributed by atoms with E-state index in [9.17, 15) is 0 Å². The van der Waals surface area contributed by atoms with Crippen molar-refractivity contribution >= 4 is 17.2 Å². The van der Waals surface area contributed by atoms with Gasteiger partial charge in [-0.2, -0.15) is 0 Å². The number of nitrogens with two attached hydrogens (primary N) is 1. The van der Waals surface area contributed by atoms with Gasteiger partial charge in [0.05, 0.1) is 0 Å². The smallest absolute Gasteiger partial charge is 0.107 e. The SMILES string of the molecule is CCCCCCOC(CC)C(N)=S. The zero-order chi connectivity index (χ0) is 10.1. The van der Waals surface area contributed by atoms with E-state index in [1.165, 1.54) is 19.3 Å². The van der Waals surface area contributed by atoms with E-state index < -0.39 is 0 Å². The Morgan fingerprint density at radius 2 is 2.00 bits per heavy atom. The van der Waals surface area contributed by atoms with Crippen LogP contribution in [0.25, 0.3) is 0 Å². The molecule has 0 aromatic carbocycles. The summed E-state index contributed by atoms with van der Waals surface area (Å²) in [6, 6.07) is 0. The normalized spacial score (nSPS) is 12.8. The molecule has 78 valence electrons. The van der Waals surface area contributed by atoms with E-state index in [1.807, 2.05) is 6.92 Å². The highest BCUT2D eigenvalue weighted by molar-refractivity contribution is 7.80. The first kappa shape index (κ1) is 12.8. The van der Waals surface area contributed by atoms with Crippen LogP contribution in [-0.4, -0.2) is 17.7 Å². The van der Waals surface area contributed by atoms with E-state index in [4.69, 9.17) is 22.7 Å². The Morgan fingerprint density at radius 3 is 2.46 bits per heavy atom. The van der Waals surface area contributed by atoms with Gasteiger partial charge in [-0.3, -0.25) is 0 Å². The first-order valence-corrected chi connectivity index (χ1v) is 5.54. The number of unbranched alkanes of at least 4 members (excludes halogenated alkanes) is 3. The third-order valence-corrected chi connectivity index (χ3v) is 2.27. The maximum Gasteiger partial charge on any atom is 0.107 e. The maximum absolute atomic E-state index is 5.53. The van der Waals surface area contributed by atoms with Gasteiger partial charge >= 0.3 is 0 Å². The first-order chi connectivity index (χ1) is 6.22. The molecule has 2 nitrogen and oxygen atoms in total. The Labute approximate surface area is 86.8 Å². The topological polar surface area (TPSA) is 35.2 Å². The second-order valence-corrected chi connectivity index (χ2v) is 3.70. The van der Waals surface area contributed by atoms with Crippen LogP contribution in [0.3, 0.4) is 0 Å². The van der Waals surface area contributed by atoms with Gasteiger partial charge in [0.1, 0.15) is 11.1 Å². The molecule has 0 aliphatic heterocycles. The van der Waals surface area contributed by atoms with Crippen molar-refractivity contribution in [2.24, 2.45) is 5.73 Å². The van der Waals surface area contributed by atoms with Crippen LogP contribution in [0.2, 0.25) is 0 Å². The molecular formula is C10H21NOS. The van der Waals surface area contributed by atoms with Crippen molar-refractivity contribution in [3.63, 3.8) is 0 Å². The lowest BCUT2D eigenvalue weighted by Crippen LogP contribution is -2.29. The van der Waals surface area contributed by atoms with Crippen LogP contribution in [0.4, 0.5) is 0 Å². The third-order valence-electron chi connectivity index (χ3n) is 2.01. The molecule has 1 atom stereocenters. The highest BCUT2D eigenvalue weighted by atomic mass is 32.1. The fourth-order valence-electron chi connectivity index (χ4n) is 1.16. The number of rotatable bonds is 8. The van der Waals surface area contributed by atoms with Crippen molar-refractivity contribution in [3.8, 4) is 0 Å². The molecule has 13 heavy (non-hydrogen) atoms. The molecule has 0 radical (unpaired) electrons. The van der Waals surface area contributed by atoms with Crippen LogP contribution in [0.5, 0.6) is 0 Å². The van der Waals surface area contributed by atoms with Gasteiger partial charge in [0.25, 0.3) is 0 Å². The predicted molar refractivity (Wildman–Crippen MR) is 61.0 cm³/mol. The molecule has 0 fully saturated rings. The van der Waals surface area contributed by atoms with Gasteiger partial charge < -0.3 is 10.5 Å². The van der Waals surface area contributed by atoms with Gasteiger partial charge in [0, 0.05) is 6.61 Å². The summed E-state index contributed by atoms with van der Waals surface area (Å²) in [5.74, 6) is 0. The molecular weight excluding hydrogens is 182 g/mol. The minimum Gasteiger partial charge on any atom is -0.391 e. The standard InChI is InChI=1S/C10H21NOS/c1-3-5-6-7-8-12-9(4-2)10(11)13/h9H,3-8H2,1-2H3,(H2,11,13). The summed E-state index contributed by atoms with van der Waals surface area (Å²) in [5, 5.41) is 0. The van der Waals surface area contributed by atoms with E-state index in [0.717, 1.165) is 19.4 Å². The predicted octanol–water partition coefficient (Wildman–Crippen LogP) is 2.65.